The molecule has 36 heavy (non-hydrogen) atoms. The standard InChI is InChI=1S/C25H24N8O2S/c1-26-25(34)15-3-2-4-16(9-15)28-11-17-10-20-22(36-17)24(33-5-7-35-8-6-33)31-23(30-20)19-12-27-14-21-18(19)13-29-32-21/h2-4,9-10,12-14,28H,5-8,11H2,1H3,(H,26,34)(H,29,32). The second-order valence-corrected chi connectivity index (χ2v) is 9.57. The van der Waals surface area contributed by atoms with Crippen LogP contribution in [-0.2, 0) is 11.3 Å². The highest BCUT2D eigenvalue weighted by atomic mass is 32.1. The number of hydrogen-bond acceptors (Lipinski definition) is 9. The molecule has 3 N–H and O–H groups in total. The van der Waals surface area contributed by atoms with Gasteiger partial charge >= 0.3 is 0 Å². The van der Waals surface area contributed by atoms with Crippen LogP contribution in [-0.4, -0.2) is 64.4 Å². The van der Waals surface area contributed by atoms with E-state index in [0.29, 0.717) is 31.1 Å². The lowest BCUT2D eigenvalue weighted by Gasteiger charge is -2.28. The number of amides is 1. The minimum atomic E-state index is -0.111. The molecule has 1 amide bonds. The average molecular weight is 501 g/mol. The number of carbonyl (C=O) groups excluding carboxylic acids is 1. The number of aromatic nitrogens is 5. The van der Waals surface area contributed by atoms with E-state index in [4.69, 9.17) is 14.7 Å². The molecule has 0 bridgehead atoms. The van der Waals surface area contributed by atoms with Gasteiger partial charge in [-0.3, -0.25) is 14.9 Å². The van der Waals surface area contributed by atoms with Crippen LogP contribution in [0.3, 0.4) is 0 Å². The maximum absolute atomic E-state index is 12.0. The van der Waals surface area contributed by atoms with Crippen molar-refractivity contribution < 1.29 is 9.53 Å². The van der Waals surface area contributed by atoms with Crippen LogP contribution in [0.1, 0.15) is 15.2 Å². The number of nitrogens with one attached hydrogen (secondary N) is 3. The zero-order valence-corrected chi connectivity index (χ0v) is 20.4. The van der Waals surface area contributed by atoms with Gasteiger partial charge in [-0.2, -0.15) is 5.10 Å². The zero-order valence-electron chi connectivity index (χ0n) is 19.6. The summed E-state index contributed by atoms with van der Waals surface area (Å²) in [5.41, 5.74) is 4.08. The Bertz CT molecular complexity index is 1560. The quantitative estimate of drug-likeness (QED) is 0.324. The fourth-order valence-corrected chi connectivity index (χ4v) is 5.36. The van der Waals surface area contributed by atoms with Crippen LogP contribution in [0.5, 0.6) is 0 Å². The Balaban J connectivity index is 1.37. The van der Waals surface area contributed by atoms with Crippen molar-refractivity contribution >= 4 is 49.9 Å². The van der Waals surface area contributed by atoms with Gasteiger partial charge in [-0.05, 0) is 24.3 Å². The normalized spacial score (nSPS) is 13.9. The van der Waals surface area contributed by atoms with Crippen molar-refractivity contribution in [1.29, 1.82) is 0 Å². The number of rotatable bonds is 6. The van der Waals surface area contributed by atoms with Gasteiger partial charge in [-0.15, -0.1) is 11.3 Å². The van der Waals surface area contributed by atoms with Crippen molar-refractivity contribution in [3.8, 4) is 11.4 Å². The molecule has 0 unspecified atom stereocenters. The number of benzene rings is 1. The van der Waals surface area contributed by atoms with Gasteiger partial charge in [0, 0.05) is 60.0 Å². The number of carbonyl (C=O) groups is 1. The van der Waals surface area contributed by atoms with Gasteiger partial charge in [0.1, 0.15) is 0 Å². The van der Waals surface area contributed by atoms with E-state index in [1.807, 2.05) is 18.2 Å². The molecule has 0 aliphatic carbocycles. The number of pyridine rings is 1. The highest BCUT2D eigenvalue weighted by Crippen LogP contribution is 2.36. The van der Waals surface area contributed by atoms with E-state index < -0.39 is 0 Å². The minimum Gasteiger partial charge on any atom is -0.380 e. The van der Waals surface area contributed by atoms with Crippen LogP contribution in [0, 0.1) is 0 Å². The third-order valence-electron chi connectivity index (χ3n) is 6.14. The van der Waals surface area contributed by atoms with Gasteiger partial charge in [0.25, 0.3) is 5.91 Å². The molecule has 11 heteroatoms. The van der Waals surface area contributed by atoms with Gasteiger partial charge in [0.2, 0.25) is 0 Å². The largest absolute Gasteiger partial charge is 0.380 e. The fraction of sp³-hybridized carbons (Fsp3) is 0.240. The summed E-state index contributed by atoms with van der Waals surface area (Å²) < 4.78 is 6.63. The molecular weight excluding hydrogens is 476 g/mol. The molecule has 6 rings (SSSR count). The summed E-state index contributed by atoms with van der Waals surface area (Å²) in [7, 11) is 1.63. The molecule has 1 aliphatic rings. The van der Waals surface area contributed by atoms with E-state index >= 15 is 0 Å². The highest BCUT2D eigenvalue weighted by Gasteiger charge is 2.21. The number of fused-ring (bicyclic) bond motifs is 2. The van der Waals surface area contributed by atoms with Gasteiger partial charge in [0.15, 0.2) is 11.6 Å². The lowest BCUT2D eigenvalue weighted by atomic mass is 10.2. The van der Waals surface area contributed by atoms with Crippen LogP contribution in [0.2, 0.25) is 0 Å². The Kier molecular flexibility index (Phi) is 5.91. The van der Waals surface area contributed by atoms with Gasteiger partial charge in [-0.1, -0.05) is 6.07 Å². The summed E-state index contributed by atoms with van der Waals surface area (Å²) in [6.07, 6.45) is 5.32. The van der Waals surface area contributed by atoms with E-state index in [1.165, 1.54) is 0 Å². The second kappa shape index (κ2) is 9.51. The fourth-order valence-electron chi connectivity index (χ4n) is 4.31. The van der Waals surface area contributed by atoms with Crippen molar-refractivity contribution in [2.24, 2.45) is 0 Å². The molecule has 4 aromatic heterocycles. The molecule has 1 saturated heterocycles. The van der Waals surface area contributed by atoms with Crippen molar-refractivity contribution in [2.75, 3.05) is 43.6 Å². The van der Waals surface area contributed by atoms with E-state index in [9.17, 15) is 4.79 Å². The second-order valence-electron chi connectivity index (χ2n) is 8.43. The van der Waals surface area contributed by atoms with Crippen molar-refractivity contribution in [1.82, 2.24) is 30.5 Å². The smallest absolute Gasteiger partial charge is 0.251 e. The maximum Gasteiger partial charge on any atom is 0.251 e. The predicted molar refractivity (Wildman–Crippen MR) is 140 cm³/mol. The average Bonchev–Trinajstić information content (AvgIpc) is 3.58. The first-order chi connectivity index (χ1) is 17.7. The molecule has 1 fully saturated rings. The number of ether oxygens (including phenoxy) is 1. The number of aromatic amines is 1. The van der Waals surface area contributed by atoms with E-state index in [-0.39, 0.29) is 5.91 Å². The Morgan fingerprint density at radius 2 is 2.06 bits per heavy atom. The Morgan fingerprint density at radius 3 is 2.92 bits per heavy atom. The summed E-state index contributed by atoms with van der Waals surface area (Å²) in [6, 6.07) is 9.58. The molecule has 0 spiro atoms. The van der Waals surface area contributed by atoms with Crippen LogP contribution >= 0.6 is 11.3 Å². The summed E-state index contributed by atoms with van der Waals surface area (Å²) in [5, 5.41) is 14.2. The number of thiophene rings is 1. The number of nitrogens with zero attached hydrogens (tertiary/aromatic N) is 5. The van der Waals surface area contributed by atoms with Gasteiger partial charge in [0.05, 0.1) is 41.3 Å². The first-order valence-electron chi connectivity index (χ1n) is 11.7. The van der Waals surface area contributed by atoms with Crippen LogP contribution in [0.25, 0.3) is 32.5 Å². The van der Waals surface area contributed by atoms with Crippen LogP contribution in [0.4, 0.5) is 11.5 Å². The summed E-state index contributed by atoms with van der Waals surface area (Å²) >= 11 is 1.68. The predicted octanol–water partition coefficient (Wildman–Crippen LogP) is 3.44. The third kappa shape index (κ3) is 4.23. The van der Waals surface area contributed by atoms with Gasteiger partial charge < -0.3 is 20.3 Å². The highest BCUT2D eigenvalue weighted by molar-refractivity contribution is 7.19. The van der Waals surface area contributed by atoms with Crippen LogP contribution < -0.4 is 15.5 Å². The molecule has 5 heterocycles. The lowest BCUT2D eigenvalue weighted by molar-refractivity contribution is 0.0963. The molecular formula is C25H24N8O2S. The van der Waals surface area contributed by atoms with Crippen LogP contribution in [0.15, 0.2) is 48.9 Å². The number of morpholine rings is 1. The first kappa shape index (κ1) is 22.4. The Hall–Kier alpha value is -4.09. The van der Waals surface area contributed by atoms with Crippen molar-refractivity contribution in [3.05, 3.63) is 59.4 Å². The molecule has 0 atom stereocenters. The number of H-pyrrole nitrogens is 1. The zero-order chi connectivity index (χ0) is 24.5. The van der Waals surface area contributed by atoms with E-state index in [0.717, 1.165) is 56.2 Å². The number of anilines is 2. The van der Waals surface area contributed by atoms with Crippen molar-refractivity contribution in [2.45, 2.75) is 6.54 Å². The van der Waals surface area contributed by atoms with Crippen molar-refractivity contribution in [3.63, 3.8) is 0 Å². The monoisotopic (exact) mass is 500 g/mol. The Labute approximate surface area is 210 Å². The topological polar surface area (TPSA) is 121 Å². The molecule has 5 aromatic rings. The third-order valence-corrected chi connectivity index (χ3v) is 7.26. The van der Waals surface area contributed by atoms with E-state index in [1.54, 1.807) is 43.0 Å². The van der Waals surface area contributed by atoms with E-state index in [2.05, 4.69) is 36.8 Å². The van der Waals surface area contributed by atoms with Gasteiger partial charge in [-0.25, -0.2) is 9.97 Å². The summed E-state index contributed by atoms with van der Waals surface area (Å²) in [5.74, 6) is 1.43. The lowest BCUT2D eigenvalue weighted by Crippen LogP contribution is -2.36. The first-order valence-corrected chi connectivity index (χ1v) is 12.5. The molecule has 10 nitrogen and oxygen atoms in total. The number of hydrogen-bond donors (Lipinski definition) is 3. The minimum absolute atomic E-state index is 0.111. The Morgan fingerprint density at radius 1 is 1.17 bits per heavy atom. The maximum atomic E-state index is 12.0. The summed E-state index contributed by atoms with van der Waals surface area (Å²) in [6.45, 7) is 3.49. The molecule has 182 valence electrons. The molecule has 0 radical (unpaired) electrons. The SMILES string of the molecule is CNC(=O)c1cccc(NCc2cc3nc(-c4cncc5[nH]ncc45)nc(N4CCOCC4)c3s2)c1. The molecule has 1 aliphatic heterocycles. The molecule has 0 saturated carbocycles. The summed E-state index contributed by atoms with van der Waals surface area (Å²) in [4.78, 5) is 29.7. The molecule has 1 aromatic carbocycles.